The van der Waals surface area contributed by atoms with E-state index in [2.05, 4.69) is 17.3 Å². The van der Waals surface area contributed by atoms with Crippen molar-refractivity contribution in [2.45, 2.75) is 31.9 Å². The first-order chi connectivity index (χ1) is 9.97. The maximum absolute atomic E-state index is 12.2. The number of piperidine rings is 1. The average molecular weight is 331 g/mol. The molecule has 1 aromatic carbocycles. The molecule has 1 heterocycles. The van der Waals surface area contributed by atoms with Crippen molar-refractivity contribution in [2.24, 2.45) is 0 Å². The molecule has 1 unspecified atom stereocenters. The first-order valence-corrected chi connectivity index (χ1v) is 7.82. The number of ether oxygens (including phenoxy) is 1. The van der Waals surface area contributed by atoms with Crippen molar-refractivity contribution in [1.29, 1.82) is 0 Å². The number of halogens is 2. The summed E-state index contributed by atoms with van der Waals surface area (Å²) in [5.74, 6) is 0.302. The van der Waals surface area contributed by atoms with Crippen molar-refractivity contribution < 1.29 is 9.53 Å². The zero-order valence-corrected chi connectivity index (χ0v) is 13.7. The summed E-state index contributed by atoms with van der Waals surface area (Å²) in [5.41, 5.74) is 0. The van der Waals surface area contributed by atoms with Crippen LogP contribution in [0, 0.1) is 0 Å². The summed E-state index contributed by atoms with van der Waals surface area (Å²) < 4.78 is 5.61. The van der Waals surface area contributed by atoms with Gasteiger partial charge in [-0.05, 0) is 52.0 Å². The predicted molar refractivity (Wildman–Crippen MR) is 85.2 cm³/mol. The van der Waals surface area contributed by atoms with Crippen LogP contribution in [0.1, 0.15) is 19.8 Å². The largest absolute Gasteiger partial charge is 0.479 e. The second-order valence-corrected chi connectivity index (χ2v) is 6.18. The quantitative estimate of drug-likeness (QED) is 0.922. The first-order valence-electron chi connectivity index (χ1n) is 7.07. The number of carbonyl (C=O) groups is 1. The van der Waals surface area contributed by atoms with Gasteiger partial charge in [-0.25, -0.2) is 0 Å². The van der Waals surface area contributed by atoms with Crippen molar-refractivity contribution in [3.8, 4) is 5.75 Å². The number of hydrogen-bond acceptors (Lipinski definition) is 3. The van der Waals surface area contributed by atoms with Gasteiger partial charge >= 0.3 is 0 Å². The molecule has 1 aliphatic rings. The number of amides is 1. The van der Waals surface area contributed by atoms with Crippen LogP contribution in [0.2, 0.25) is 10.0 Å². The van der Waals surface area contributed by atoms with Crippen LogP contribution in [0.25, 0.3) is 0 Å². The molecule has 6 heteroatoms. The van der Waals surface area contributed by atoms with Crippen LogP contribution in [0.5, 0.6) is 5.75 Å². The van der Waals surface area contributed by atoms with Crippen LogP contribution in [0.15, 0.2) is 18.2 Å². The fourth-order valence-electron chi connectivity index (χ4n) is 2.29. The first kappa shape index (κ1) is 16.4. The van der Waals surface area contributed by atoms with E-state index in [4.69, 9.17) is 27.9 Å². The highest BCUT2D eigenvalue weighted by molar-refractivity contribution is 6.42. The van der Waals surface area contributed by atoms with Crippen LogP contribution >= 0.6 is 23.2 Å². The third-order valence-corrected chi connectivity index (χ3v) is 4.46. The van der Waals surface area contributed by atoms with Gasteiger partial charge in [-0.1, -0.05) is 29.3 Å². The van der Waals surface area contributed by atoms with Gasteiger partial charge in [0.1, 0.15) is 10.8 Å². The van der Waals surface area contributed by atoms with Gasteiger partial charge in [0.15, 0.2) is 6.10 Å². The molecular formula is C15H20Cl2N2O2. The molecule has 0 saturated carbocycles. The lowest BCUT2D eigenvalue weighted by Gasteiger charge is -2.30. The highest BCUT2D eigenvalue weighted by atomic mass is 35.5. The third kappa shape index (κ3) is 4.50. The smallest absolute Gasteiger partial charge is 0.260 e. The summed E-state index contributed by atoms with van der Waals surface area (Å²) in [4.78, 5) is 14.4. The summed E-state index contributed by atoms with van der Waals surface area (Å²) in [6, 6.07) is 5.34. The van der Waals surface area contributed by atoms with Gasteiger partial charge in [0.2, 0.25) is 0 Å². The van der Waals surface area contributed by atoms with Crippen molar-refractivity contribution >= 4 is 29.1 Å². The molecule has 0 aromatic heterocycles. The highest BCUT2D eigenvalue weighted by Crippen LogP contribution is 2.32. The van der Waals surface area contributed by atoms with E-state index in [-0.39, 0.29) is 11.9 Å². The summed E-state index contributed by atoms with van der Waals surface area (Å²) in [6.45, 7) is 3.71. The van der Waals surface area contributed by atoms with E-state index >= 15 is 0 Å². The Kier molecular flexibility index (Phi) is 5.73. The Morgan fingerprint density at radius 3 is 2.71 bits per heavy atom. The molecule has 1 amide bonds. The molecule has 116 valence electrons. The third-order valence-electron chi connectivity index (χ3n) is 3.65. The lowest BCUT2D eigenvalue weighted by molar-refractivity contribution is -0.128. The standard InChI is InChI=1S/C15H20Cl2N2O2/c1-10(21-13-5-3-4-12(16)14(13)17)15(20)18-11-6-8-19(2)9-7-11/h3-5,10-11H,6-9H2,1-2H3,(H,18,20). The molecule has 1 aliphatic heterocycles. The molecule has 1 aromatic rings. The molecule has 0 radical (unpaired) electrons. The minimum Gasteiger partial charge on any atom is -0.479 e. The van der Waals surface area contributed by atoms with Gasteiger partial charge in [0.25, 0.3) is 5.91 Å². The van der Waals surface area contributed by atoms with Crippen LogP contribution in [-0.2, 0) is 4.79 Å². The molecular weight excluding hydrogens is 311 g/mol. The number of carbonyl (C=O) groups excluding carboxylic acids is 1. The van der Waals surface area contributed by atoms with Crippen molar-refractivity contribution in [1.82, 2.24) is 10.2 Å². The zero-order valence-electron chi connectivity index (χ0n) is 12.2. The van der Waals surface area contributed by atoms with Gasteiger partial charge in [-0.3, -0.25) is 4.79 Å². The van der Waals surface area contributed by atoms with Crippen LogP contribution < -0.4 is 10.1 Å². The number of nitrogens with one attached hydrogen (secondary N) is 1. The summed E-state index contributed by atoms with van der Waals surface area (Å²) >= 11 is 12.0. The average Bonchev–Trinajstić information content (AvgIpc) is 2.46. The molecule has 1 fully saturated rings. The Morgan fingerprint density at radius 1 is 1.38 bits per heavy atom. The normalized spacial score (nSPS) is 18.3. The highest BCUT2D eigenvalue weighted by Gasteiger charge is 2.22. The zero-order chi connectivity index (χ0) is 15.4. The number of likely N-dealkylation sites (tertiary alicyclic amines) is 1. The molecule has 2 rings (SSSR count). The van der Waals surface area contributed by atoms with E-state index in [0.29, 0.717) is 15.8 Å². The predicted octanol–water partition coefficient (Wildman–Crippen LogP) is 2.97. The number of benzene rings is 1. The summed E-state index contributed by atoms with van der Waals surface area (Å²) in [6.07, 6.45) is 1.32. The Labute approximate surface area is 135 Å². The van der Waals surface area contributed by atoms with Crippen LogP contribution in [0.4, 0.5) is 0 Å². The molecule has 1 saturated heterocycles. The second-order valence-electron chi connectivity index (χ2n) is 5.40. The maximum atomic E-state index is 12.2. The lowest BCUT2D eigenvalue weighted by atomic mass is 10.1. The second kappa shape index (κ2) is 7.34. The number of nitrogens with zero attached hydrogens (tertiary/aromatic N) is 1. The summed E-state index contributed by atoms with van der Waals surface area (Å²) in [5, 5.41) is 3.77. The Hall–Kier alpha value is -0.970. The van der Waals surface area contributed by atoms with Crippen LogP contribution in [-0.4, -0.2) is 43.1 Å². The Bertz CT molecular complexity index is 502. The van der Waals surface area contributed by atoms with Gasteiger partial charge in [-0.2, -0.15) is 0 Å². The molecule has 0 spiro atoms. The van der Waals surface area contributed by atoms with Crippen molar-refractivity contribution in [2.75, 3.05) is 20.1 Å². The van der Waals surface area contributed by atoms with E-state index in [1.54, 1.807) is 25.1 Å². The van der Waals surface area contributed by atoms with Gasteiger partial charge in [0.05, 0.1) is 5.02 Å². The maximum Gasteiger partial charge on any atom is 0.260 e. The molecule has 1 N–H and O–H groups in total. The van der Waals surface area contributed by atoms with E-state index in [0.717, 1.165) is 25.9 Å². The van der Waals surface area contributed by atoms with Gasteiger partial charge in [-0.15, -0.1) is 0 Å². The fourth-order valence-corrected chi connectivity index (χ4v) is 2.63. The van der Waals surface area contributed by atoms with E-state index in [1.165, 1.54) is 0 Å². The van der Waals surface area contributed by atoms with Crippen molar-refractivity contribution in [3.05, 3.63) is 28.2 Å². The minimum absolute atomic E-state index is 0.124. The van der Waals surface area contributed by atoms with Crippen LogP contribution in [0.3, 0.4) is 0 Å². The van der Waals surface area contributed by atoms with E-state index in [1.807, 2.05) is 0 Å². The van der Waals surface area contributed by atoms with E-state index in [9.17, 15) is 4.79 Å². The topological polar surface area (TPSA) is 41.6 Å². The van der Waals surface area contributed by atoms with Gasteiger partial charge < -0.3 is 15.0 Å². The lowest BCUT2D eigenvalue weighted by Crippen LogP contribution is -2.47. The fraction of sp³-hybridized carbons (Fsp3) is 0.533. The molecule has 0 bridgehead atoms. The van der Waals surface area contributed by atoms with E-state index < -0.39 is 6.10 Å². The molecule has 0 aliphatic carbocycles. The van der Waals surface area contributed by atoms with Gasteiger partial charge in [0, 0.05) is 6.04 Å². The number of hydrogen-bond donors (Lipinski definition) is 1. The minimum atomic E-state index is -0.611. The molecule has 1 atom stereocenters. The molecule has 4 nitrogen and oxygen atoms in total. The SMILES string of the molecule is CC(Oc1cccc(Cl)c1Cl)C(=O)NC1CCN(C)CC1. The monoisotopic (exact) mass is 330 g/mol. The molecule has 21 heavy (non-hydrogen) atoms. The Balaban J connectivity index is 1.89. The Morgan fingerprint density at radius 2 is 2.05 bits per heavy atom. The van der Waals surface area contributed by atoms with Crippen molar-refractivity contribution in [3.63, 3.8) is 0 Å². The summed E-state index contributed by atoms with van der Waals surface area (Å²) in [7, 11) is 2.09. The number of rotatable bonds is 4.